The quantitative estimate of drug-likeness (QED) is 0.556. The molecule has 16 heavy (non-hydrogen) atoms. The van der Waals surface area contributed by atoms with Crippen LogP contribution in [0.2, 0.25) is 0 Å². The molecule has 0 heterocycles. The Kier molecular flexibility index (Phi) is 6.16. The first kappa shape index (κ1) is 13.2. The maximum Gasteiger partial charge on any atom is 0.330 e. The lowest BCUT2D eigenvalue weighted by atomic mass is 10.00. The fraction of sp³-hybridized carbons (Fsp3) is 0.769. The second kappa shape index (κ2) is 7.44. The van der Waals surface area contributed by atoms with Crippen LogP contribution in [0.15, 0.2) is 12.2 Å². The van der Waals surface area contributed by atoms with E-state index < -0.39 is 0 Å². The van der Waals surface area contributed by atoms with Crippen molar-refractivity contribution in [3.63, 3.8) is 0 Å². The summed E-state index contributed by atoms with van der Waals surface area (Å²) in [6.07, 6.45) is 8.76. The standard InChI is InChI=1S/C13H23NO2/c1-3-16-13(15)9-6-10-14-11(2)12-7-4-5-8-12/h6,9,11-12,14H,3-5,7-8,10H2,1-2H3/b9-6+/t11-/m1/s1. The Labute approximate surface area is 98.2 Å². The van der Waals surface area contributed by atoms with Crippen LogP contribution in [0, 0.1) is 5.92 Å². The van der Waals surface area contributed by atoms with Crippen molar-refractivity contribution in [2.75, 3.05) is 13.2 Å². The summed E-state index contributed by atoms with van der Waals surface area (Å²) in [5.74, 6) is 0.564. The fourth-order valence-corrected chi connectivity index (χ4v) is 2.22. The molecule has 0 amide bonds. The molecule has 0 unspecified atom stereocenters. The monoisotopic (exact) mass is 225 g/mol. The van der Waals surface area contributed by atoms with Gasteiger partial charge in [0.15, 0.2) is 0 Å². The van der Waals surface area contributed by atoms with Crippen molar-refractivity contribution in [3.8, 4) is 0 Å². The van der Waals surface area contributed by atoms with Gasteiger partial charge in [-0.15, -0.1) is 0 Å². The molecule has 92 valence electrons. The molecule has 0 aromatic heterocycles. The van der Waals surface area contributed by atoms with E-state index in [1.54, 1.807) is 0 Å². The Morgan fingerprint density at radius 2 is 2.19 bits per heavy atom. The van der Waals surface area contributed by atoms with Crippen molar-refractivity contribution in [1.29, 1.82) is 0 Å². The van der Waals surface area contributed by atoms with Gasteiger partial charge in [-0.3, -0.25) is 0 Å². The third-order valence-corrected chi connectivity index (χ3v) is 3.21. The van der Waals surface area contributed by atoms with E-state index in [0.717, 1.165) is 12.5 Å². The van der Waals surface area contributed by atoms with Crippen LogP contribution in [0.25, 0.3) is 0 Å². The molecule has 0 aromatic rings. The van der Waals surface area contributed by atoms with Crippen LogP contribution >= 0.6 is 0 Å². The number of carbonyl (C=O) groups is 1. The number of esters is 1. The van der Waals surface area contributed by atoms with E-state index in [1.165, 1.54) is 31.8 Å². The molecule has 1 atom stereocenters. The van der Waals surface area contributed by atoms with Crippen LogP contribution in [0.3, 0.4) is 0 Å². The van der Waals surface area contributed by atoms with Gasteiger partial charge in [-0.25, -0.2) is 4.79 Å². The van der Waals surface area contributed by atoms with E-state index in [1.807, 2.05) is 13.0 Å². The summed E-state index contributed by atoms with van der Waals surface area (Å²) in [5.41, 5.74) is 0. The molecule has 0 radical (unpaired) electrons. The summed E-state index contributed by atoms with van der Waals surface area (Å²) in [6.45, 7) is 5.23. The van der Waals surface area contributed by atoms with Crippen molar-refractivity contribution in [1.82, 2.24) is 5.32 Å². The van der Waals surface area contributed by atoms with Gasteiger partial charge in [0.05, 0.1) is 6.61 Å². The van der Waals surface area contributed by atoms with Crippen molar-refractivity contribution in [2.45, 2.75) is 45.6 Å². The average molecular weight is 225 g/mol. The minimum atomic E-state index is -0.252. The molecule has 0 spiro atoms. The normalized spacial score (nSPS) is 19.1. The molecule has 3 heteroatoms. The van der Waals surface area contributed by atoms with Gasteiger partial charge >= 0.3 is 5.97 Å². The first-order valence-corrected chi connectivity index (χ1v) is 6.30. The van der Waals surface area contributed by atoms with Crippen molar-refractivity contribution in [3.05, 3.63) is 12.2 Å². The molecule has 1 aliphatic rings. The van der Waals surface area contributed by atoms with Crippen LogP contribution in [0.4, 0.5) is 0 Å². The molecule has 0 bridgehead atoms. The van der Waals surface area contributed by atoms with Gasteiger partial charge < -0.3 is 10.1 Å². The highest BCUT2D eigenvalue weighted by Crippen LogP contribution is 2.27. The number of hydrogen-bond donors (Lipinski definition) is 1. The Balaban J connectivity index is 2.11. The third kappa shape index (κ3) is 4.79. The summed E-state index contributed by atoms with van der Waals surface area (Å²) >= 11 is 0. The number of hydrogen-bond acceptors (Lipinski definition) is 3. The molecular weight excluding hydrogens is 202 g/mol. The van der Waals surface area contributed by atoms with Crippen molar-refractivity contribution < 1.29 is 9.53 Å². The molecule has 1 fully saturated rings. The Hall–Kier alpha value is -0.830. The molecule has 1 aliphatic carbocycles. The van der Waals surface area contributed by atoms with E-state index in [2.05, 4.69) is 12.2 Å². The highest BCUT2D eigenvalue weighted by atomic mass is 16.5. The zero-order valence-electron chi connectivity index (χ0n) is 10.4. The van der Waals surface area contributed by atoms with Gasteiger partial charge in [0.25, 0.3) is 0 Å². The summed E-state index contributed by atoms with van der Waals surface area (Å²) < 4.78 is 4.80. The Morgan fingerprint density at radius 1 is 1.50 bits per heavy atom. The molecule has 3 nitrogen and oxygen atoms in total. The van der Waals surface area contributed by atoms with Crippen LogP contribution in [-0.4, -0.2) is 25.2 Å². The Morgan fingerprint density at radius 3 is 2.81 bits per heavy atom. The minimum Gasteiger partial charge on any atom is -0.463 e. The van der Waals surface area contributed by atoms with Gasteiger partial charge in [0.1, 0.15) is 0 Å². The molecule has 0 saturated heterocycles. The van der Waals surface area contributed by atoms with Gasteiger partial charge in [0, 0.05) is 18.7 Å². The molecule has 1 N–H and O–H groups in total. The Bertz CT molecular complexity index is 232. The second-order valence-corrected chi connectivity index (χ2v) is 4.40. The predicted octanol–water partition coefficient (Wildman–Crippen LogP) is 2.27. The second-order valence-electron chi connectivity index (χ2n) is 4.40. The molecular formula is C13H23NO2. The minimum absolute atomic E-state index is 0.252. The largest absolute Gasteiger partial charge is 0.463 e. The maximum atomic E-state index is 11.0. The van der Waals surface area contributed by atoms with Gasteiger partial charge in [0.2, 0.25) is 0 Å². The van der Waals surface area contributed by atoms with E-state index in [-0.39, 0.29) is 5.97 Å². The van der Waals surface area contributed by atoms with Crippen molar-refractivity contribution >= 4 is 5.97 Å². The highest BCUT2D eigenvalue weighted by Gasteiger charge is 2.20. The topological polar surface area (TPSA) is 38.3 Å². The molecule has 1 rings (SSSR count). The summed E-state index contributed by atoms with van der Waals surface area (Å²) in [4.78, 5) is 11.0. The molecule has 0 aliphatic heterocycles. The maximum absolute atomic E-state index is 11.0. The number of carbonyl (C=O) groups excluding carboxylic acids is 1. The van der Waals surface area contributed by atoms with Crippen LogP contribution in [0.1, 0.15) is 39.5 Å². The smallest absolute Gasteiger partial charge is 0.330 e. The summed E-state index contributed by atoms with van der Waals surface area (Å²) in [6, 6.07) is 0.550. The van der Waals surface area contributed by atoms with Gasteiger partial charge in [-0.05, 0) is 32.6 Å². The first-order chi connectivity index (χ1) is 7.74. The van der Waals surface area contributed by atoms with Crippen molar-refractivity contribution in [2.24, 2.45) is 5.92 Å². The van der Waals surface area contributed by atoms with Crippen LogP contribution in [0.5, 0.6) is 0 Å². The lowest BCUT2D eigenvalue weighted by Gasteiger charge is -2.19. The number of nitrogens with one attached hydrogen (secondary N) is 1. The number of ether oxygens (including phenoxy) is 1. The zero-order valence-corrected chi connectivity index (χ0v) is 10.4. The molecule has 0 aromatic carbocycles. The third-order valence-electron chi connectivity index (χ3n) is 3.21. The van der Waals surface area contributed by atoms with Gasteiger partial charge in [-0.2, -0.15) is 0 Å². The average Bonchev–Trinajstić information content (AvgIpc) is 2.78. The molecule has 1 saturated carbocycles. The predicted molar refractivity (Wildman–Crippen MR) is 65.2 cm³/mol. The van der Waals surface area contributed by atoms with Crippen LogP contribution < -0.4 is 5.32 Å². The van der Waals surface area contributed by atoms with E-state index >= 15 is 0 Å². The summed E-state index contributed by atoms with van der Waals surface area (Å²) in [5, 5.41) is 3.43. The lowest BCUT2D eigenvalue weighted by Crippen LogP contribution is -2.32. The van der Waals surface area contributed by atoms with Gasteiger partial charge in [-0.1, -0.05) is 18.9 Å². The summed E-state index contributed by atoms with van der Waals surface area (Å²) in [7, 11) is 0. The lowest BCUT2D eigenvalue weighted by molar-refractivity contribution is -0.137. The van der Waals surface area contributed by atoms with E-state index in [9.17, 15) is 4.79 Å². The number of rotatable bonds is 6. The fourth-order valence-electron chi connectivity index (χ4n) is 2.22. The van der Waals surface area contributed by atoms with E-state index in [4.69, 9.17) is 4.74 Å². The zero-order chi connectivity index (χ0) is 11.8. The first-order valence-electron chi connectivity index (χ1n) is 6.30. The SMILES string of the molecule is CCOC(=O)/C=C/CN[C@H](C)C1CCCC1. The van der Waals surface area contributed by atoms with E-state index in [0.29, 0.717) is 12.6 Å². The highest BCUT2D eigenvalue weighted by molar-refractivity contribution is 5.81. The van der Waals surface area contributed by atoms with Crippen LogP contribution in [-0.2, 0) is 9.53 Å².